The van der Waals surface area contributed by atoms with Crippen molar-refractivity contribution >= 4 is 5.69 Å². The Hall–Kier alpha value is -2.59. The fourth-order valence-corrected chi connectivity index (χ4v) is 4.31. The lowest BCUT2D eigenvalue weighted by Gasteiger charge is -2.36. The average molecular weight is 389 g/mol. The summed E-state index contributed by atoms with van der Waals surface area (Å²) in [4.78, 5) is 5.07. The number of piperazine rings is 1. The molecule has 1 saturated heterocycles. The van der Waals surface area contributed by atoms with E-state index in [0.717, 1.165) is 44.1 Å². The Bertz CT molecular complexity index is 933. The van der Waals surface area contributed by atoms with Crippen LogP contribution in [0.5, 0.6) is 0 Å². The molecule has 0 atom stereocenters. The van der Waals surface area contributed by atoms with E-state index < -0.39 is 0 Å². The summed E-state index contributed by atoms with van der Waals surface area (Å²) < 4.78 is 2.08. The Morgan fingerprint density at radius 2 is 1.52 bits per heavy atom. The summed E-state index contributed by atoms with van der Waals surface area (Å²) in [6, 6.07) is 19.6. The molecule has 0 radical (unpaired) electrons. The molecular weight excluding hydrogens is 356 g/mol. The predicted octanol–water partition coefficient (Wildman–Crippen LogP) is 4.93. The third-order valence-corrected chi connectivity index (χ3v) is 5.99. The minimum absolute atomic E-state index is 0.593. The van der Waals surface area contributed by atoms with Crippen LogP contribution in [0.4, 0.5) is 5.69 Å². The number of hydrogen-bond acceptors (Lipinski definition) is 3. The molecule has 1 aliphatic heterocycles. The average Bonchev–Trinajstić information content (AvgIpc) is 3.04. The van der Waals surface area contributed by atoms with E-state index in [9.17, 15) is 0 Å². The first kappa shape index (κ1) is 19.7. The monoisotopic (exact) mass is 388 g/mol. The van der Waals surface area contributed by atoms with E-state index in [1.54, 1.807) is 0 Å². The zero-order valence-electron chi connectivity index (χ0n) is 18.1. The molecule has 0 bridgehead atoms. The number of anilines is 1. The Kier molecular flexibility index (Phi) is 5.72. The summed E-state index contributed by atoms with van der Waals surface area (Å²) >= 11 is 0. The second kappa shape index (κ2) is 8.42. The molecular formula is C25H32N4. The minimum Gasteiger partial charge on any atom is -0.366 e. The van der Waals surface area contributed by atoms with Crippen LogP contribution < -0.4 is 4.90 Å². The summed E-state index contributed by atoms with van der Waals surface area (Å²) in [5.41, 5.74) is 7.60. The van der Waals surface area contributed by atoms with Crippen molar-refractivity contribution in [2.75, 3.05) is 31.1 Å². The van der Waals surface area contributed by atoms with Crippen molar-refractivity contribution in [3.8, 4) is 5.69 Å². The fraction of sp³-hybridized carbons (Fsp3) is 0.400. The first-order valence-electron chi connectivity index (χ1n) is 10.7. The van der Waals surface area contributed by atoms with E-state index >= 15 is 0 Å². The van der Waals surface area contributed by atoms with Gasteiger partial charge >= 0.3 is 0 Å². The fourth-order valence-electron chi connectivity index (χ4n) is 4.31. The van der Waals surface area contributed by atoms with Crippen molar-refractivity contribution in [1.29, 1.82) is 0 Å². The highest BCUT2D eigenvalue weighted by Crippen LogP contribution is 2.28. The summed E-state index contributed by atoms with van der Waals surface area (Å²) in [5, 5.41) is 4.83. The van der Waals surface area contributed by atoms with E-state index in [1.807, 2.05) is 6.07 Å². The lowest BCUT2D eigenvalue weighted by atomic mass is 10.0. The molecule has 2 heterocycles. The van der Waals surface area contributed by atoms with Crippen LogP contribution in [0.2, 0.25) is 0 Å². The van der Waals surface area contributed by atoms with Crippen molar-refractivity contribution < 1.29 is 0 Å². The van der Waals surface area contributed by atoms with Gasteiger partial charge < -0.3 is 4.90 Å². The van der Waals surface area contributed by atoms with E-state index in [1.165, 1.54) is 22.5 Å². The molecule has 1 fully saturated rings. The molecule has 0 saturated carbocycles. The topological polar surface area (TPSA) is 24.3 Å². The Balaban J connectivity index is 1.42. The molecule has 0 N–H and O–H groups in total. The lowest BCUT2D eigenvalue weighted by molar-refractivity contribution is 0.249. The normalized spacial score (nSPS) is 15.3. The molecule has 1 aromatic heterocycles. The summed E-state index contributed by atoms with van der Waals surface area (Å²) in [6.45, 7) is 14.1. The number of aromatic nitrogens is 2. The van der Waals surface area contributed by atoms with E-state index in [2.05, 4.69) is 90.7 Å². The zero-order chi connectivity index (χ0) is 20.4. The van der Waals surface area contributed by atoms with Crippen LogP contribution in [-0.4, -0.2) is 40.9 Å². The first-order valence-corrected chi connectivity index (χ1v) is 10.7. The maximum atomic E-state index is 4.83. The van der Waals surface area contributed by atoms with Crippen molar-refractivity contribution in [3.05, 3.63) is 77.1 Å². The van der Waals surface area contributed by atoms with Crippen LogP contribution in [0.3, 0.4) is 0 Å². The van der Waals surface area contributed by atoms with Gasteiger partial charge in [-0.05, 0) is 43.0 Å². The first-order chi connectivity index (χ1) is 14.0. The maximum absolute atomic E-state index is 4.83. The highest BCUT2D eigenvalue weighted by Gasteiger charge is 2.23. The van der Waals surface area contributed by atoms with Gasteiger partial charge in [0.15, 0.2) is 0 Å². The molecule has 0 amide bonds. The lowest BCUT2D eigenvalue weighted by Crippen LogP contribution is -2.46. The zero-order valence-corrected chi connectivity index (χ0v) is 18.1. The third-order valence-electron chi connectivity index (χ3n) is 5.99. The minimum atomic E-state index is 0.593. The number of rotatable bonds is 5. The summed E-state index contributed by atoms with van der Waals surface area (Å²) in [5.74, 6) is 0.593. The highest BCUT2D eigenvalue weighted by atomic mass is 15.3. The number of aryl methyl sites for hydroxylation is 1. The SMILES string of the molecule is Cc1nn(-c2ccccc2)c(C)c1N1CCN(Cc2ccc(C(C)C)cc2)CC1. The molecule has 0 spiro atoms. The quantitative estimate of drug-likeness (QED) is 0.619. The summed E-state index contributed by atoms with van der Waals surface area (Å²) in [6.07, 6.45) is 0. The summed E-state index contributed by atoms with van der Waals surface area (Å²) in [7, 11) is 0. The molecule has 4 nitrogen and oxygen atoms in total. The number of nitrogens with zero attached hydrogens (tertiary/aromatic N) is 4. The molecule has 1 aliphatic rings. The predicted molar refractivity (Wildman–Crippen MR) is 121 cm³/mol. The number of hydrogen-bond donors (Lipinski definition) is 0. The molecule has 3 aromatic rings. The van der Waals surface area contributed by atoms with Crippen LogP contribution in [0.15, 0.2) is 54.6 Å². The van der Waals surface area contributed by atoms with E-state index in [0.29, 0.717) is 5.92 Å². The van der Waals surface area contributed by atoms with Crippen molar-refractivity contribution in [2.45, 2.75) is 40.2 Å². The Labute approximate surface area is 174 Å². The van der Waals surface area contributed by atoms with Crippen LogP contribution in [0.1, 0.15) is 42.3 Å². The standard InChI is InChI=1S/C25H32N4/c1-19(2)23-12-10-22(11-13-23)18-27-14-16-28(17-15-27)25-20(3)26-29(21(25)4)24-8-6-5-7-9-24/h5-13,19H,14-18H2,1-4H3. The third kappa shape index (κ3) is 4.23. The highest BCUT2D eigenvalue weighted by molar-refractivity contribution is 5.57. The molecule has 4 heteroatoms. The van der Waals surface area contributed by atoms with Crippen molar-refractivity contribution in [2.24, 2.45) is 0 Å². The van der Waals surface area contributed by atoms with Crippen molar-refractivity contribution in [3.63, 3.8) is 0 Å². The van der Waals surface area contributed by atoms with Gasteiger partial charge in [0.2, 0.25) is 0 Å². The van der Waals surface area contributed by atoms with Crippen LogP contribution in [-0.2, 0) is 6.54 Å². The van der Waals surface area contributed by atoms with Gasteiger partial charge in [-0.1, -0.05) is 56.3 Å². The second-order valence-corrected chi connectivity index (χ2v) is 8.43. The van der Waals surface area contributed by atoms with Gasteiger partial charge in [-0.3, -0.25) is 4.90 Å². The molecule has 0 unspecified atom stereocenters. The number of benzene rings is 2. The molecule has 2 aromatic carbocycles. The molecule has 0 aliphatic carbocycles. The molecule has 29 heavy (non-hydrogen) atoms. The van der Waals surface area contributed by atoms with E-state index in [4.69, 9.17) is 5.10 Å². The maximum Gasteiger partial charge on any atom is 0.0834 e. The van der Waals surface area contributed by atoms with Gasteiger partial charge in [0.05, 0.1) is 22.8 Å². The van der Waals surface area contributed by atoms with Gasteiger partial charge in [-0.15, -0.1) is 0 Å². The smallest absolute Gasteiger partial charge is 0.0834 e. The molecule has 4 rings (SSSR count). The van der Waals surface area contributed by atoms with E-state index in [-0.39, 0.29) is 0 Å². The second-order valence-electron chi connectivity index (χ2n) is 8.43. The van der Waals surface area contributed by atoms with Gasteiger partial charge in [-0.25, -0.2) is 4.68 Å². The van der Waals surface area contributed by atoms with Crippen molar-refractivity contribution in [1.82, 2.24) is 14.7 Å². The molecule has 152 valence electrons. The van der Waals surface area contributed by atoms with Crippen LogP contribution >= 0.6 is 0 Å². The van der Waals surface area contributed by atoms with Crippen LogP contribution in [0, 0.1) is 13.8 Å². The van der Waals surface area contributed by atoms with Gasteiger partial charge in [0.1, 0.15) is 0 Å². The van der Waals surface area contributed by atoms with Crippen LogP contribution in [0.25, 0.3) is 5.69 Å². The Morgan fingerprint density at radius 1 is 0.862 bits per heavy atom. The Morgan fingerprint density at radius 3 is 2.14 bits per heavy atom. The van der Waals surface area contributed by atoms with Gasteiger partial charge in [-0.2, -0.15) is 5.10 Å². The van der Waals surface area contributed by atoms with Gasteiger partial charge in [0, 0.05) is 32.7 Å². The largest absolute Gasteiger partial charge is 0.366 e. The number of para-hydroxylation sites is 1. The van der Waals surface area contributed by atoms with Gasteiger partial charge in [0.25, 0.3) is 0 Å².